The minimum Gasteiger partial charge on any atom is -0.496 e. The maximum atomic E-state index is 9.23. The number of likely N-dealkylation sites (N-methyl/N-ethyl adjacent to an activating group) is 1. The third-order valence-electron chi connectivity index (χ3n) is 3.41. The van der Waals surface area contributed by atoms with Crippen molar-refractivity contribution in [2.45, 2.75) is 19.8 Å². The summed E-state index contributed by atoms with van der Waals surface area (Å²) in [5.41, 5.74) is 1.21. The Hall–Kier alpha value is -0.580. The SMILES string of the molecule is CCC(CO)CN(C)CCc1cc(Br)ccc1OC. The van der Waals surface area contributed by atoms with Crippen molar-refractivity contribution >= 4 is 15.9 Å². The molecule has 1 rings (SSSR count). The van der Waals surface area contributed by atoms with Crippen LogP contribution >= 0.6 is 15.9 Å². The number of hydrogen-bond acceptors (Lipinski definition) is 3. The molecule has 4 heteroatoms. The van der Waals surface area contributed by atoms with Gasteiger partial charge in [0.05, 0.1) is 7.11 Å². The summed E-state index contributed by atoms with van der Waals surface area (Å²) in [4.78, 5) is 2.27. The van der Waals surface area contributed by atoms with Crippen LogP contribution in [0.4, 0.5) is 0 Å². The fourth-order valence-corrected chi connectivity index (χ4v) is 2.51. The second-order valence-corrected chi connectivity index (χ2v) is 5.84. The lowest BCUT2D eigenvalue weighted by atomic mass is 10.1. The molecule has 0 radical (unpaired) electrons. The van der Waals surface area contributed by atoms with Crippen LogP contribution in [0.2, 0.25) is 0 Å². The van der Waals surface area contributed by atoms with Crippen LogP contribution in [0, 0.1) is 5.92 Å². The zero-order chi connectivity index (χ0) is 14.3. The van der Waals surface area contributed by atoms with E-state index in [4.69, 9.17) is 4.74 Å². The summed E-state index contributed by atoms with van der Waals surface area (Å²) in [5, 5.41) is 9.23. The van der Waals surface area contributed by atoms with Crippen LogP contribution in [0.25, 0.3) is 0 Å². The summed E-state index contributed by atoms with van der Waals surface area (Å²) in [7, 11) is 3.80. The Morgan fingerprint density at radius 1 is 1.42 bits per heavy atom. The Morgan fingerprint density at radius 2 is 2.16 bits per heavy atom. The zero-order valence-corrected chi connectivity index (χ0v) is 13.6. The van der Waals surface area contributed by atoms with Gasteiger partial charge in [-0.2, -0.15) is 0 Å². The molecule has 0 saturated heterocycles. The molecule has 1 aromatic carbocycles. The Kier molecular flexibility index (Phi) is 7.42. The van der Waals surface area contributed by atoms with Crippen LogP contribution in [-0.2, 0) is 6.42 Å². The molecule has 0 bridgehead atoms. The molecule has 1 atom stereocenters. The van der Waals surface area contributed by atoms with Crippen molar-refractivity contribution < 1.29 is 9.84 Å². The number of hydrogen-bond donors (Lipinski definition) is 1. The molecule has 0 heterocycles. The molecule has 0 aliphatic carbocycles. The third-order valence-corrected chi connectivity index (χ3v) is 3.90. The van der Waals surface area contributed by atoms with Gasteiger partial charge in [-0.1, -0.05) is 22.9 Å². The zero-order valence-electron chi connectivity index (χ0n) is 12.0. The summed E-state index contributed by atoms with van der Waals surface area (Å²) >= 11 is 3.49. The van der Waals surface area contributed by atoms with E-state index in [1.54, 1.807) is 7.11 Å². The summed E-state index contributed by atoms with van der Waals surface area (Å²) in [5.74, 6) is 1.31. The van der Waals surface area contributed by atoms with E-state index < -0.39 is 0 Å². The van der Waals surface area contributed by atoms with Crippen LogP contribution in [0.1, 0.15) is 18.9 Å². The third kappa shape index (κ3) is 5.51. The van der Waals surface area contributed by atoms with Gasteiger partial charge >= 0.3 is 0 Å². The van der Waals surface area contributed by atoms with Crippen molar-refractivity contribution in [1.29, 1.82) is 0 Å². The van der Waals surface area contributed by atoms with Crippen LogP contribution < -0.4 is 4.74 Å². The molecule has 1 aromatic rings. The highest BCUT2D eigenvalue weighted by Crippen LogP contribution is 2.23. The second kappa shape index (κ2) is 8.56. The number of rotatable bonds is 8. The maximum Gasteiger partial charge on any atom is 0.122 e. The van der Waals surface area contributed by atoms with Crippen molar-refractivity contribution in [3.63, 3.8) is 0 Å². The Labute approximate surface area is 124 Å². The van der Waals surface area contributed by atoms with E-state index in [0.717, 1.165) is 36.2 Å². The first-order valence-electron chi connectivity index (χ1n) is 6.72. The molecule has 108 valence electrons. The largest absolute Gasteiger partial charge is 0.496 e. The average Bonchev–Trinajstić information content (AvgIpc) is 2.42. The lowest BCUT2D eigenvalue weighted by Crippen LogP contribution is -2.29. The number of benzene rings is 1. The van der Waals surface area contributed by atoms with E-state index in [1.807, 2.05) is 12.1 Å². The quantitative estimate of drug-likeness (QED) is 0.795. The molecular formula is C15H24BrNO2. The predicted molar refractivity (Wildman–Crippen MR) is 82.8 cm³/mol. The van der Waals surface area contributed by atoms with Crippen LogP contribution in [-0.4, -0.2) is 43.9 Å². The first-order chi connectivity index (χ1) is 9.10. The Balaban J connectivity index is 2.54. The average molecular weight is 330 g/mol. The molecule has 0 amide bonds. The molecule has 0 aromatic heterocycles. The molecule has 0 spiro atoms. The van der Waals surface area contributed by atoms with Gasteiger partial charge in [-0.15, -0.1) is 0 Å². The molecule has 1 unspecified atom stereocenters. The van der Waals surface area contributed by atoms with Gasteiger partial charge in [-0.05, 0) is 49.6 Å². The minimum absolute atomic E-state index is 0.265. The van der Waals surface area contributed by atoms with Gasteiger partial charge in [0.1, 0.15) is 5.75 Å². The van der Waals surface area contributed by atoms with E-state index in [9.17, 15) is 5.11 Å². The number of aliphatic hydroxyl groups excluding tert-OH is 1. The van der Waals surface area contributed by atoms with Gasteiger partial charge in [0, 0.05) is 24.2 Å². The molecule has 19 heavy (non-hydrogen) atoms. The first kappa shape index (κ1) is 16.5. The topological polar surface area (TPSA) is 32.7 Å². The highest BCUT2D eigenvalue weighted by atomic mass is 79.9. The summed E-state index contributed by atoms with van der Waals surface area (Å²) in [6.07, 6.45) is 1.96. The van der Waals surface area contributed by atoms with Crippen molar-refractivity contribution in [2.24, 2.45) is 5.92 Å². The van der Waals surface area contributed by atoms with E-state index in [-0.39, 0.29) is 6.61 Å². The van der Waals surface area contributed by atoms with Gasteiger partial charge in [-0.25, -0.2) is 0 Å². The van der Waals surface area contributed by atoms with Gasteiger partial charge in [0.2, 0.25) is 0 Å². The standard InChI is InChI=1S/C15H24BrNO2/c1-4-12(11-18)10-17(2)8-7-13-9-14(16)5-6-15(13)19-3/h5-6,9,12,18H,4,7-8,10-11H2,1-3H3. The predicted octanol–water partition coefficient (Wildman–Crippen LogP) is 2.95. The molecule has 0 aliphatic heterocycles. The molecule has 0 saturated carbocycles. The number of ether oxygens (including phenoxy) is 1. The molecule has 1 N–H and O–H groups in total. The maximum absolute atomic E-state index is 9.23. The summed E-state index contributed by atoms with van der Waals surface area (Å²) in [6, 6.07) is 6.09. The van der Waals surface area contributed by atoms with Gasteiger partial charge in [0.15, 0.2) is 0 Å². The molecule has 0 fully saturated rings. The fourth-order valence-electron chi connectivity index (χ4n) is 2.10. The lowest BCUT2D eigenvalue weighted by molar-refractivity contribution is 0.177. The number of methoxy groups -OCH3 is 1. The highest BCUT2D eigenvalue weighted by Gasteiger charge is 2.10. The summed E-state index contributed by atoms with van der Waals surface area (Å²) in [6.45, 7) is 4.28. The van der Waals surface area contributed by atoms with E-state index in [0.29, 0.717) is 5.92 Å². The smallest absolute Gasteiger partial charge is 0.122 e. The highest BCUT2D eigenvalue weighted by molar-refractivity contribution is 9.10. The first-order valence-corrected chi connectivity index (χ1v) is 7.51. The van der Waals surface area contributed by atoms with Crippen molar-refractivity contribution in [3.05, 3.63) is 28.2 Å². The van der Waals surface area contributed by atoms with Gasteiger partial charge in [-0.3, -0.25) is 0 Å². The van der Waals surface area contributed by atoms with Gasteiger partial charge in [0.25, 0.3) is 0 Å². The van der Waals surface area contributed by atoms with E-state index >= 15 is 0 Å². The van der Waals surface area contributed by atoms with E-state index in [2.05, 4.69) is 40.9 Å². The molecule has 0 aliphatic rings. The van der Waals surface area contributed by atoms with E-state index in [1.165, 1.54) is 5.56 Å². The lowest BCUT2D eigenvalue weighted by Gasteiger charge is -2.22. The van der Waals surface area contributed by atoms with Crippen molar-refractivity contribution in [2.75, 3.05) is 33.9 Å². The monoisotopic (exact) mass is 329 g/mol. The van der Waals surface area contributed by atoms with Crippen LogP contribution in [0.5, 0.6) is 5.75 Å². The van der Waals surface area contributed by atoms with Crippen molar-refractivity contribution in [1.82, 2.24) is 4.90 Å². The summed E-state index contributed by atoms with van der Waals surface area (Å²) < 4.78 is 6.45. The molecule has 3 nitrogen and oxygen atoms in total. The van der Waals surface area contributed by atoms with Gasteiger partial charge < -0.3 is 14.7 Å². The number of nitrogens with zero attached hydrogens (tertiary/aromatic N) is 1. The Bertz CT molecular complexity index is 380. The second-order valence-electron chi connectivity index (χ2n) is 4.93. The minimum atomic E-state index is 0.265. The van der Waals surface area contributed by atoms with Crippen LogP contribution in [0.15, 0.2) is 22.7 Å². The normalized spacial score (nSPS) is 12.7. The fraction of sp³-hybridized carbons (Fsp3) is 0.600. The van der Waals surface area contributed by atoms with Crippen molar-refractivity contribution in [3.8, 4) is 5.75 Å². The Morgan fingerprint density at radius 3 is 2.74 bits per heavy atom. The molecular weight excluding hydrogens is 306 g/mol. The number of halogens is 1. The van der Waals surface area contributed by atoms with Crippen LogP contribution in [0.3, 0.4) is 0 Å². The number of aliphatic hydroxyl groups is 1.